The van der Waals surface area contributed by atoms with E-state index in [-0.39, 0.29) is 12.8 Å². The quantitative estimate of drug-likeness (QED) is 0.873. The first-order valence-corrected chi connectivity index (χ1v) is 8.99. The summed E-state index contributed by atoms with van der Waals surface area (Å²) in [7, 11) is 0. The molecule has 1 aromatic rings. The van der Waals surface area contributed by atoms with Crippen LogP contribution in [0, 0.1) is 11.3 Å². The molecule has 3 aliphatic rings. The highest BCUT2D eigenvalue weighted by molar-refractivity contribution is 5.44. The predicted octanol–water partition coefficient (Wildman–Crippen LogP) is 2.94. The van der Waals surface area contributed by atoms with E-state index >= 15 is 0 Å². The van der Waals surface area contributed by atoms with Gasteiger partial charge in [0.15, 0.2) is 0 Å². The molecule has 3 fully saturated rings. The Morgan fingerprint density at radius 1 is 1.08 bits per heavy atom. The Morgan fingerprint density at radius 2 is 1.68 bits per heavy atom. The molecular formula is C17H24F3N5. The Morgan fingerprint density at radius 3 is 2.20 bits per heavy atom. The first-order valence-electron chi connectivity index (χ1n) is 8.99. The van der Waals surface area contributed by atoms with Crippen LogP contribution in [0.4, 0.5) is 24.8 Å². The molecule has 1 spiro atoms. The average molecular weight is 355 g/mol. The SMILES string of the molecule is NC1CC2(C1)CC(Nc1cnc(N3CCC(C(F)(F)F)CC3)nc1)C2. The maximum Gasteiger partial charge on any atom is 0.391 e. The second-order valence-electron chi connectivity index (χ2n) is 7.99. The van der Waals surface area contributed by atoms with Crippen molar-refractivity contribution in [2.75, 3.05) is 23.3 Å². The standard InChI is InChI=1S/C17H24F3N5/c18-17(19,20)11-1-3-25(4-2-11)15-22-9-14(10-23-15)24-13-7-16(8-13)5-12(21)6-16/h9-13,24H,1-8,21H2. The number of nitrogens with zero attached hydrogens (tertiary/aromatic N) is 3. The monoisotopic (exact) mass is 355 g/mol. The van der Waals surface area contributed by atoms with Crippen molar-refractivity contribution in [3.63, 3.8) is 0 Å². The number of piperidine rings is 1. The molecule has 8 heteroatoms. The fourth-order valence-electron chi connectivity index (χ4n) is 4.68. The van der Waals surface area contributed by atoms with Crippen molar-refractivity contribution in [3.05, 3.63) is 12.4 Å². The van der Waals surface area contributed by atoms with Gasteiger partial charge in [-0.1, -0.05) is 0 Å². The Bertz CT molecular complexity index is 596. The number of hydrogen-bond acceptors (Lipinski definition) is 5. The van der Waals surface area contributed by atoms with Gasteiger partial charge in [-0.15, -0.1) is 0 Å². The van der Waals surface area contributed by atoms with Gasteiger partial charge in [0.05, 0.1) is 24.0 Å². The van der Waals surface area contributed by atoms with Crippen LogP contribution in [0.2, 0.25) is 0 Å². The predicted molar refractivity (Wildman–Crippen MR) is 89.3 cm³/mol. The summed E-state index contributed by atoms with van der Waals surface area (Å²) in [5.41, 5.74) is 7.22. The molecule has 5 nitrogen and oxygen atoms in total. The Kier molecular flexibility index (Phi) is 4.05. The number of anilines is 2. The van der Waals surface area contributed by atoms with Crippen LogP contribution >= 0.6 is 0 Å². The molecule has 3 N–H and O–H groups in total. The van der Waals surface area contributed by atoms with Crippen molar-refractivity contribution in [2.24, 2.45) is 17.1 Å². The van der Waals surface area contributed by atoms with Crippen molar-refractivity contribution in [3.8, 4) is 0 Å². The molecule has 1 aliphatic heterocycles. The van der Waals surface area contributed by atoms with E-state index in [2.05, 4.69) is 15.3 Å². The van der Waals surface area contributed by atoms with Crippen molar-refractivity contribution >= 4 is 11.6 Å². The summed E-state index contributed by atoms with van der Waals surface area (Å²) in [4.78, 5) is 10.5. The van der Waals surface area contributed by atoms with E-state index in [4.69, 9.17) is 5.73 Å². The zero-order valence-corrected chi connectivity index (χ0v) is 14.1. The third-order valence-corrected chi connectivity index (χ3v) is 6.00. The van der Waals surface area contributed by atoms with E-state index in [1.807, 2.05) is 4.90 Å². The van der Waals surface area contributed by atoms with Crippen molar-refractivity contribution in [2.45, 2.75) is 56.8 Å². The third kappa shape index (κ3) is 3.41. The van der Waals surface area contributed by atoms with Crippen LogP contribution in [0.5, 0.6) is 0 Å². The molecule has 0 bridgehead atoms. The summed E-state index contributed by atoms with van der Waals surface area (Å²) in [5, 5.41) is 3.44. The molecule has 2 aliphatic carbocycles. The van der Waals surface area contributed by atoms with Gasteiger partial charge in [-0.2, -0.15) is 13.2 Å². The topological polar surface area (TPSA) is 67.1 Å². The van der Waals surface area contributed by atoms with E-state index in [1.165, 1.54) is 0 Å². The van der Waals surface area contributed by atoms with Crippen LogP contribution in [0.25, 0.3) is 0 Å². The molecule has 4 rings (SSSR count). The molecule has 0 amide bonds. The summed E-state index contributed by atoms with van der Waals surface area (Å²) in [6.45, 7) is 0.699. The first-order chi connectivity index (χ1) is 11.8. The van der Waals surface area contributed by atoms with E-state index in [0.29, 0.717) is 36.5 Å². The van der Waals surface area contributed by atoms with Crippen LogP contribution in [-0.2, 0) is 0 Å². The van der Waals surface area contributed by atoms with Gasteiger partial charge in [-0.05, 0) is 43.9 Å². The minimum absolute atomic E-state index is 0.110. The number of nitrogens with two attached hydrogens (primary N) is 1. The van der Waals surface area contributed by atoms with Gasteiger partial charge >= 0.3 is 6.18 Å². The molecule has 1 aromatic heterocycles. The third-order valence-electron chi connectivity index (χ3n) is 6.00. The Hall–Kier alpha value is -1.57. The highest BCUT2D eigenvalue weighted by Gasteiger charge is 2.51. The highest BCUT2D eigenvalue weighted by Crippen LogP contribution is 2.55. The average Bonchev–Trinajstić information content (AvgIpc) is 2.51. The molecule has 0 atom stereocenters. The van der Waals surface area contributed by atoms with Gasteiger partial charge in [0.1, 0.15) is 0 Å². The summed E-state index contributed by atoms with van der Waals surface area (Å²) >= 11 is 0. The molecule has 2 saturated carbocycles. The maximum absolute atomic E-state index is 12.7. The second-order valence-corrected chi connectivity index (χ2v) is 7.99. The van der Waals surface area contributed by atoms with Crippen molar-refractivity contribution in [1.29, 1.82) is 0 Å². The fourth-order valence-corrected chi connectivity index (χ4v) is 4.68. The lowest BCUT2D eigenvalue weighted by Gasteiger charge is -2.57. The van der Waals surface area contributed by atoms with Crippen molar-refractivity contribution < 1.29 is 13.2 Å². The molecule has 25 heavy (non-hydrogen) atoms. The van der Waals surface area contributed by atoms with Gasteiger partial charge in [-0.25, -0.2) is 9.97 Å². The number of hydrogen-bond donors (Lipinski definition) is 2. The molecule has 2 heterocycles. The van der Waals surface area contributed by atoms with Crippen LogP contribution in [0.15, 0.2) is 12.4 Å². The maximum atomic E-state index is 12.7. The minimum atomic E-state index is -4.09. The second kappa shape index (κ2) is 6.00. The molecule has 0 unspecified atom stereocenters. The Labute approximate surface area is 145 Å². The number of nitrogens with one attached hydrogen (secondary N) is 1. The normalized spacial score (nSPS) is 33.0. The van der Waals surface area contributed by atoms with Crippen molar-refractivity contribution in [1.82, 2.24) is 9.97 Å². The van der Waals surface area contributed by atoms with Gasteiger partial charge < -0.3 is 16.0 Å². The zero-order chi connectivity index (χ0) is 17.7. The number of halogens is 3. The van der Waals surface area contributed by atoms with Gasteiger partial charge in [0, 0.05) is 25.2 Å². The van der Waals surface area contributed by atoms with Crippen LogP contribution in [-0.4, -0.2) is 41.3 Å². The van der Waals surface area contributed by atoms with Crippen LogP contribution < -0.4 is 16.0 Å². The largest absolute Gasteiger partial charge is 0.391 e. The lowest BCUT2D eigenvalue weighted by Crippen LogP contribution is -2.57. The number of rotatable bonds is 3. The van der Waals surface area contributed by atoms with E-state index in [0.717, 1.165) is 31.4 Å². The minimum Gasteiger partial charge on any atom is -0.380 e. The molecule has 0 radical (unpaired) electrons. The zero-order valence-electron chi connectivity index (χ0n) is 14.1. The highest BCUT2D eigenvalue weighted by atomic mass is 19.4. The summed E-state index contributed by atoms with van der Waals surface area (Å²) in [6.07, 6.45) is 4.15. The van der Waals surface area contributed by atoms with E-state index in [9.17, 15) is 13.2 Å². The van der Waals surface area contributed by atoms with Crippen LogP contribution in [0.3, 0.4) is 0 Å². The summed E-state index contributed by atoms with van der Waals surface area (Å²) in [5.74, 6) is -0.684. The summed E-state index contributed by atoms with van der Waals surface area (Å²) in [6, 6.07) is 0.828. The van der Waals surface area contributed by atoms with Crippen LogP contribution in [0.1, 0.15) is 38.5 Å². The fraction of sp³-hybridized carbons (Fsp3) is 0.765. The molecule has 0 aromatic carbocycles. The lowest BCUT2D eigenvalue weighted by atomic mass is 9.52. The molecular weight excluding hydrogens is 331 g/mol. The summed E-state index contributed by atoms with van der Waals surface area (Å²) < 4.78 is 38.2. The number of alkyl halides is 3. The van der Waals surface area contributed by atoms with Gasteiger partial charge in [0.25, 0.3) is 0 Å². The first kappa shape index (κ1) is 16.9. The lowest BCUT2D eigenvalue weighted by molar-refractivity contribution is -0.179. The Balaban J connectivity index is 1.27. The molecule has 1 saturated heterocycles. The van der Waals surface area contributed by atoms with E-state index in [1.54, 1.807) is 12.4 Å². The smallest absolute Gasteiger partial charge is 0.380 e. The molecule has 138 valence electrons. The number of aromatic nitrogens is 2. The van der Waals surface area contributed by atoms with E-state index < -0.39 is 12.1 Å². The van der Waals surface area contributed by atoms with Gasteiger partial charge in [0.2, 0.25) is 5.95 Å². The van der Waals surface area contributed by atoms with Gasteiger partial charge in [-0.3, -0.25) is 0 Å².